The molecule has 0 spiro atoms. The number of esters is 1. The number of methoxy groups -OCH3 is 2. The summed E-state index contributed by atoms with van der Waals surface area (Å²) in [5.74, 6) is 0.643. The highest BCUT2D eigenvalue weighted by Crippen LogP contribution is 2.28. The number of rotatable bonds is 8. The second kappa shape index (κ2) is 7.85. The second-order valence-electron chi connectivity index (χ2n) is 5.60. The predicted octanol–water partition coefficient (Wildman–Crippen LogP) is 1.85. The van der Waals surface area contributed by atoms with Crippen molar-refractivity contribution in [3.63, 3.8) is 0 Å². The molecule has 2 rings (SSSR count). The molecule has 1 aliphatic carbocycles. The molecule has 0 aliphatic heterocycles. The number of hydrogen-bond acceptors (Lipinski definition) is 5. The van der Waals surface area contributed by atoms with Crippen LogP contribution in [0.15, 0.2) is 18.2 Å². The number of ether oxygens (including phenoxy) is 3. The minimum absolute atomic E-state index is 0.205. The molecule has 1 aromatic rings. The van der Waals surface area contributed by atoms with E-state index in [-0.39, 0.29) is 18.4 Å². The summed E-state index contributed by atoms with van der Waals surface area (Å²) in [6.45, 7) is 1.59. The Morgan fingerprint density at radius 1 is 1.22 bits per heavy atom. The third kappa shape index (κ3) is 5.16. The third-order valence-electron chi connectivity index (χ3n) is 3.67. The summed E-state index contributed by atoms with van der Waals surface area (Å²) in [5, 5.41) is 2.81. The number of hydrogen-bond donors (Lipinski definition) is 1. The number of aryl methyl sites for hydroxylation is 1. The molecule has 1 N–H and O–H groups in total. The lowest BCUT2D eigenvalue weighted by Gasteiger charge is -2.13. The Morgan fingerprint density at radius 3 is 2.52 bits per heavy atom. The lowest BCUT2D eigenvalue weighted by molar-refractivity contribution is -0.154. The van der Waals surface area contributed by atoms with Crippen molar-refractivity contribution in [3.05, 3.63) is 23.8 Å². The molecule has 1 aromatic carbocycles. The molecule has 1 aliphatic rings. The topological polar surface area (TPSA) is 73.9 Å². The van der Waals surface area contributed by atoms with Crippen LogP contribution in [-0.2, 0) is 20.7 Å². The van der Waals surface area contributed by atoms with Crippen molar-refractivity contribution in [1.29, 1.82) is 0 Å². The number of nitrogens with one attached hydrogen (secondary N) is 1. The minimum atomic E-state index is -0.756. The van der Waals surface area contributed by atoms with Gasteiger partial charge in [0.1, 0.15) is 0 Å². The molecule has 23 heavy (non-hydrogen) atoms. The van der Waals surface area contributed by atoms with Crippen LogP contribution in [-0.4, -0.2) is 38.2 Å². The molecule has 0 radical (unpaired) electrons. The van der Waals surface area contributed by atoms with E-state index in [1.54, 1.807) is 27.2 Å². The van der Waals surface area contributed by atoms with Gasteiger partial charge in [-0.05, 0) is 43.9 Å². The Morgan fingerprint density at radius 2 is 1.91 bits per heavy atom. The van der Waals surface area contributed by atoms with E-state index in [2.05, 4.69) is 5.32 Å². The van der Waals surface area contributed by atoms with Crippen LogP contribution < -0.4 is 14.8 Å². The molecular formula is C17H23NO5. The highest BCUT2D eigenvalue weighted by atomic mass is 16.5. The van der Waals surface area contributed by atoms with E-state index >= 15 is 0 Å². The summed E-state index contributed by atoms with van der Waals surface area (Å²) >= 11 is 0. The molecule has 0 unspecified atom stereocenters. The number of carbonyl (C=O) groups excluding carboxylic acids is 2. The van der Waals surface area contributed by atoms with E-state index in [0.717, 1.165) is 18.4 Å². The standard InChI is InChI=1S/C17H23NO5/c1-11(17(20)18-13-6-7-13)23-16(19)9-5-12-4-8-14(21-2)15(10-12)22-3/h4,8,10-11,13H,5-7,9H2,1-3H3,(H,18,20)/t11-/m1/s1. The maximum atomic E-state index is 11.9. The summed E-state index contributed by atoms with van der Waals surface area (Å²) in [5.41, 5.74) is 0.940. The molecule has 0 saturated heterocycles. The zero-order valence-corrected chi connectivity index (χ0v) is 13.8. The van der Waals surface area contributed by atoms with Gasteiger partial charge in [0.25, 0.3) is 5.91 Å². The van der Waals surface area contributed by atoms with Crippen molar-refractivity contribution in [2.24, 2.45) is 0 Å². The van der Waals surface area contributed by atoms with Gasteiger partial charge in [-0.2, -0.15) is 0 Å². The molecule has 0 heterocycles. The zero-order chi connectivity index (χ0) is 16.8. The average molecular weight is 321 g/mol. The van der Waals surface area contributed by atoms with Gasteiger partial charge in [0.2, 0.25) is 0 Å². The normalized spacial score (nSPS) is 14.7. The van der Waals surface area contributed by atoms with E-state index in [1.807, 2.05) is 12.1 Å². The zero-order valence-electron chi connectivity index (χ0n) is 13.8. The number of carbonyl (C=O) groups is 2. The van der Waals surface area contributed by atoms with Crippen LogP contribution in [0.1, 0.15) is 31.7 Å². The van der Waals surface area contributed by atoms with Crippen molar-refractivity contribution in [3.8, 4) is 11.5 Å². The first kappa shape index (κ1) is 17.1. The lowest BCUT2D eigenvalue weighted by atomic mass is 10.1. The van der Waals surface area contributed by atoms with Crippen molar-refractivity contribution in [1.82, 2.24) is 5.32 Å². The number of amides is 1. The van der Waals surface area contributed by atoms with E-state index in [9.17, 15) is 9.59 Å². The smallest absolute Gasteiger partial charge is 0.306 e. The van der Waals surface area contributed by atoms with Gasteiger partial charge in [-0.1, -0.05) is 6.07 Å². The summed E-state index contributed by atoms with van der Waals surface area (Å²) in [6.07, 6.45) is 1.97. The van der Waals surface area contributed by atoms with Crippen molar-refractivity contribution in [2.45, 2.75) is 44.8 Å². The van der Waals surface area contributed by atoms with Crippen LogP contribution in [0.2, 0.25) is 0 Å². The molecule has 126 valence electrons. The second-order valence-corrected chi connectivity index (χ2v) is 5.60. The van der Waals surface area contributed by atoms with Crippen LogP contribution in [0.25, 0.3) is 0 Å². The molecule has 0 aromatic heterocycles. The highest BCUT2D eigenvalue weighted by molar-refractivity contribution is 5.83. The van der Waals surface area contributed by atoms with Gasteiger partial charge in [0.05, 0.1) is 14.2 Å². The maximum Gasteiger partial charge on any atom is 0.306 e. The van der Waals surface area contributed by atoms with Gasteiger partial charge >= 0.3 is 5.97 Å². The Bertz CT molecular complexity index is 568. The van der Waals surface area contributed by atoms with Gasteiger partial charge in [-0.3, -0.25) is 9.59 Å². The first-order chi connectivity index (χ1) is 11.0. The monoisotopic (exact) mass is 321 g/mol. The Hall–Kier alpha value is -2.24. The van der Waals surface area contributed by atoms with Gasteiger partial charge in [0, 0.05) is 12.5 Å². The molecule has 1 amide bonds. The van der Waals surface area contributed by atoms with E-state index in [4.69, 9.17) is 14.2 Å². The first-order valence-electron chi connectivity index (χ1n) is 7.74. The molecule has 1 atom stereocenters. The summed E-state index contributed by atoms with van der Waals surface area (Å²) in [6, 6.07) is 5.76. The van der Waals surface area contributed by atoms with Gasteiger partial charge in [-0.25, -0.2) is 0 Å². The van der Waals surface area contributed by atoms with Gasteiger partial charge in [-0.15, -0.1) is 0 Å². The largest absolute Gasteiger partial charge is 0.493 e. The van der Waals surface area contributed by atoms with Crippen molar-refractivity contribution < 1.29 is 23.8 Å². The van der Waals surface area contributed by atoms with Gasteiger partial charge < -0.3 is 19.5 Å². The Balaban J connectivity index is 1.80. The molecule has 1 fully saturated rings. The highest BCUT2D eigenvalue weighted by Gasteiger charge is 2.27. The lowest BCUT2D eigenvalue weighted by Crippen LogP contribution is -2.37. The quantitative estimate of drug-likeness (QED) is 0.740. The van der Waals surface area contributed by atoms with E-state index in [1.165, 1.54) is 0 Å². The van der Waals surface area contributed by atoms with Crippen LogP contribution in [0.5, 0.6) is 11.5 Å². The van der Waals surface area contributed by atoms with E-state index < -0.39 is 12.1 Å². The van der Waals surface area contributed by atoms with Crippen molar-refractivity contribution >= 4 is 11.9 Å². The third-order valence-corrected chi connectivity index (χ3v) is 3.67. The molecule has 6 nitrogen and oxygen atoms in total. The number of benzene rings is 1. The summed E-state index contributed by atoms with van der Waals surface area (Å²) in [7, 11) is 3.14. The minimum Gasteiger partial charge on any atom is -0.493 e. The molecule has 0 bridgehead atoms. The fourth-order valence-corrected chi connectivity index (χ4v) is 2.14. The van der Waals surface area contributed by atoms with E-state index in [0.29, 0.717) is 17.9 Å². The Kier molecular flexibility index (Phi) is 5.84. The fourth-order valence-electron chi connectivity index (χ4n) is 2.14. The SMILES string of the molecule is COc1ccc(CCC(=O)O[C@H](C)C(=O)NC2CC2)cc1OC. The van der Waals surface area contributed by atoms with Crippen LogP contribution >= 0.6 is 0 Å². The molecule has 1 saturated carbocycles. The Labute approximate surface area is 136 Å². The summed E-state index contributed by atoms with van der Waals surface area (Å²) < 4.78 is 15.6. The van der Waals surface area contributed by atoms with Gasteiger partial charge in [0.15, 0.2) is 17.6 Å². The van der Waals surface area contributed by atoms with Crippen LogP contribution in [0.4, 0.5) is 0 Å². The first-order valence-corrected chi connectivity index (χ1v) is 7.74. The molecule has 6 heteroatoms. The maximum absolute atomic E-state index is 11.9. The summed E-state index contributed by atoms with van der Waals surface area (Å²) in [4.78, 5) is 23.6. The van der Waals surface area contributed by atoms with Crippen LogP contribution in [0, 0.1) is 0 Å². The van der Waals surface area contributed by atoms with Crippen molar-refractivity contribution in [2.75, 3.05) is 14.2 Å². The predicted molar refractivity (Wildman–Crippen MR) is 84.6 cm³/mol. The van der Waals surface area contributed by atoms with Crippen LogP contribution in [0.3, 0.4) is 0 Å². The molecular weight excluding hydrogens is 298 g/mol. The average Bonchev–Trinajstić information content (AvgIpc) is 3.36. The fraction of sp³-hybridized carbons (Fsp3) is 0.529.